The maximum atomic E-state index is 12.6. The summed E-state index contributed by atoms with van der Waals surface area (Å²) in [5.41, 5.74) is 1.15. The molecule has 6 nitrogen and oxygen atoms in total. The van der Waals surface area contributed by atoms with Crippen LogP contribution in [-0.4, -0.2) is 34.4 Å². The van der Waals surface area contributed by atoms with Crippen molar-refractivity contribution in [3.8, 4) is 0 Å². The number of halogens is 1. The molecule has 0 fully saturated rings. The van der Waals surface area contributed by atoms with E-state index in [1.54, 1.807) is 25.3 Å². The lowest BCUT2D eigenvalue weighted by molar-refractivity contribution is 0.416. The molecule has 1 N–H and O–H groups in total. The standard InChI is InChI=1S/C12H15ClN4O2S/c1-2-17(9-11-5-3-4-6-14-11)20(18,19)12-10(7-13)8-15-16-12/h3-6,8H,2,7,9H2,1H3,(H,15,16). The maximum absolute atomic E-state index is 12.6. The quantitative estimate of drug-likeness (QED) is 0.824. The molecule has 0 saturated carbocycles. The smallest absolute Gasteiger partial charge is 0.260 e. The summed E-state index contributed by atoms with van der Waals surface area (Å²) in [6.07, 6.45) is 3.06. The molecule has 0 aliphatic carbocycles. The predicted octanol–water partition coefficient (Wildman–Crippen LogP) is 1.75. The Morgan fingerprint density at radius 2 is 2.20 bits per heavy atom. The van der Waals surface area contributed by atoms with Gasteiger partial charge in [-0.05, 0) is 12.1 Å². The van der Waals surface area contributed by atoms with Gasteiger partial charge in [0.2, 0.25) is 0 Å². The summed E-state index contributed by atoms with van der Waals surface area (Å²) < 4.78 is 26.5. The molecular formula is C12H15ClN4O2S. The first-order chi connectivity index (χ1) is 9.59. The van der Waals surface area contributed by atoms with E-state index in [9.17, 15) is 8.42 Å². The average molecular weight is 315 g/mol. The molecule has 0 spiro atoms. The van der Waals surface area contributed by atoms with E-state index in [1.807, 2.05) is 6.07 Å². The second-order valence-electron chi connectivity index (χ2n) is 4.11. The third-order valence-electron chi connectivity index (χ3n) is 2.84. The van der Waals surface area contributed by atoms with Crippen molar-refractivity contribution in [1.29, 1.82) is 0 Å². The number of aromatic amines is 1. The molecule has 0 aliphatic heterocycles. The van der Waals surface area contributed by atoms with E-state index >= 15 is 0 Å². The first kappa shape index (κ1) is 15.0. The monoisotopic (exact) mass is 314 g/mol. The minimum atomic E-state index is -3.66. The first-order valence-electron chi connectivity index (χ1n) is 6.07. The van der Waals surface area contributed by atoms with E-state index in [4.69, 9.17) is 11.6 Å². The molecule has 2 aromatic heterocycles. The van der Waals surface area contributed by atoms with Crippen molar-refractivity contribution >= 4 is 21.6 Å². The molecule has 0 unspecified atom stereocenters. The highest BCUT2D eigenvalue weighted by Gasteiger charge is 2.27. The zero-order valence-corrected chi connectivity index (χ0v) is 12.5. The van der Waals surface area contributed by atoms with E-state index in [0.29, 0.717) is 17.8 Å². The van der Waals surface area contributed by atoms with Gasteiger partial charge in [-0.15, -0.1) is 11.6 Å². The summed E-state index contributed by atoms with van der Waals surface area (Å²) in [6, 6.07) is 5.39. The van der Waals surface area contributed by atoms with E-state index in [2.05, 4.69) is 15.2 Å². The normalized spacial score (nSPS) is 11.9. The Morgan fingerprint density at radius 3 is 2.80 bits per heavy atom. The Morgan fingerprint density at radius 1 is 1.40 bits per heavy atom. The molecule has 0 atom stereocenters. The zero-order chi connectivity index (χ0) is 14.6. The van der Waals surface area contributed by atoms with Gasteiger partial charge in [-0.1, -0.05) is 13.0 Å². The molecule has 0 bridgehead atoms. The summed E-state index contributed by atoms with van der Waals surface area (Å²) in [5.74, 6) is 0.0895. The van der Waals surface area contributed by atoms with Crippen LogP contribution in [0, 0.1) is 0 Å². The third-order valence-corrected chi connectivity index (χ3v) is 5.06. The minimum Gasteiger partial charge on any atom is -0.266 e. The lowest BCUT2D eigenvalue weighted by Crippen LogP contribution is -2.31. The van der Waals surface area contributed by atoms with Crippen LogP contribution in [0.3, 0.4) is 0 Å². The van der Waals surface area contributed by atoms with Gasteiger partial charge in [-0.25, -0.2) is 8.42 Å². The SMILES string of the molecule is CCN(Cc1ccccn1)S(=O)(=O)c1[nH]ncc1CCl. The number of H-pyrrole nitrogens is 1. The highest BCUT2D eigenvalue weighted by atomic mass is 35.5. The summed E-state index contributed by atoms with van der Waals surface area (Å²) in [5, 5.41) is 6.31. The lowest BCUT2D eigenvalue weighted by Gasteiger charge is -2.19. The number of nitrogens with one attached hydrogen (secondary N) is 1. The van der Waals surface area contributed by atoms with Crippen molar-refractivity contribution in [3.05, 3.63) is 41.9 Å². The lowest BCUT2D eigenvalue weighted by atomic mass is 10.3. The fourth-order valence-corrected chi connectivity index (χ4v) is 3.59. The molecule has 0 radical (unpaired) electrons. The van der Waals surface area contributed by atoms with Crippen LogP contribution in [0.4, 0.5) is 0 Å². The summed E-state index contributed by atoms with van der Waals surface area (Å²) >= 11 is 5.73. The number of rotatable bonds is 6. The highest BCUT2D eigenvalue weighted by Crippen LogP contribution is 2.20. The van der Waals surface area contributed by atoms with Crippen LogP contribution in [0.25, 0.3) is 0 Å². The van der Waals surface area contributed by atoms with Crippen LogP contribution in [0.15, 0.2) is 35.6 Å². The fourth-order valence-electron chi connectivity index (χ4n) is 1.79. The van der Waals surface area contributed by atoms with Crippen molar-refractivity contribution in [2.24, 2.45) is 0 Å². The minimum absolute atomic E-state index is 0.0466. The number of pyridine rings is 1. The molecule has 0 aliphatic rings. The maximum Gasteiger partial charge on any atom is 0.260 e. The molecular weight excluding hydrogens is 300 g/mol. The van der Waals surface area contributed by atoms with Gasteiger partial charge in [0.15, 0.2) is 5.03 Å². The van der Waals surface area contributed by atoms with Crippen LogP contribution in [0.5, 0.6) is 0 Å². The molecule has 2 rings (SSSR count). The van der Waals surface area contributed by atoms with Gasteiger partial charge in [0, 0.05) is 18.3 Å². The Hall–Kier alpha value is -1.44. The number of sulfonamides is 1. The van der Waals surface area contributed by atoms with Crippen LogP contribution in [0.2, 0.25) is 0 Å². The number of alkyl halides is 1. The van der Waals surface area contributed by atoms with Crippen molar-refractivity contribution in [2.45, 2.75) is 24.4 Å². The van der Waals surface area contributed by atoms with Gasteiger partial charge < -0.3 is 0 Å². The molecule has 8 heteroatoms. The summed E-state index contributed by atoms with van der Waals surface area (Å²) in [6.45, 7) is 2.32. The van der Waals surface area contributed by atoms with Crippen molar-refractivity contribution in [1.82, 2.24) is 19.5 Å². The second-order valence-corrected chi connectivity index (χ2v) is 6.25. The number of hydrogen-bond donors (Lipinski definition) is 1. The summed E-state index contributed by atoms with van der Waals surface area (Å²) in [4.78, 5) is 4.15. The molecule has 0 amide bonds. The van der Waals surface area contributed by atoms with E-state index in [-0.39, 0.29) is 17.5 Å². The van der Waals surface area contributed by atoms with E-state index in [0.717, 1.165) is 0 Å². The van der Waals surface area contributed by atoms with E-state index < -0.39 is 10.0 Å². The predicted molar refractivity (Wildman–Crippen MR) is 75.7 cm³/mol. The number of hydrogen-bond acceptors (Lipinski definition) is 4. The number of aromatic nitrogens is 3. The first-order valence-corrected chi connectivity index (χ1v) is 8.05. The van der Waals surface area contributed by atoms with Crippen molar-refractivity contribution in [3.63, 3.8) is 0 Å². The topological polar surface area (TPSA) is 79.0 Å². The van der Waals surface area contributed by atoms with Gasteiger partial charge in [0.1, 0.15) is 0 Å². The largest absolute Gasteiger partial charge is 0.266 e. The highest BCUT2D eigenvalue weighted by molar-refractivity contribution is 7.89. The summed E-state index contributed by atoms with van der Waals surface area (Å²) in [7, 11) is -3.66. The Kier molecular flexibility index (Phi) is 4.74. The molecule has 2 aromatic rings. The van der Waals surface area contributed by atoms with Crippen LogP contribution in [0.1, 0.15) is 18.2 Å². The molecule has 2 heterocycles. The van der Waals surface area contributed by atoms with Crippen molar-refractivity contribution in [2.75, 3.05) is 6.54 Å². The molecule has 20 heavy (non-hydrogen) atoms. The number of nitrogens with zero attached hydrogens (tertiary/aromatic N) is 3. The zero-order valence-electron chi connectivity index (χ0n) is 11.0. The van der Waals surface area contributed by atoms with E-state index in [1.165, 1.54) is 10.5 Å². The Bertz CT molecular complexity index is 657. The van der Waals surface area contributed by atoms with Crippen LogP contribution >= 0.6 is 11.6 Å². The van der Waals surface area contributed by atoms with Gasteiger partial charge in [-0.2, -0.15) is 9.40 Å². The second kappa shape index (κ2) is 6.34. The fraction of sp³-hybridized carbons (Fsp3) is 0.333. The van der Waals surface area contributed by atoms with Gasteiger partial charge in [0.25, 0.3) is 10.0 Å². The van der Waals surface area contributed by atoms with Gasteiger partial charge in [-0.3, -0.25) is 10.1 Å². The molecule has 108 valence electrons. The van der Waals surface area contributed by atoms with Gasteiger partial charge in [0.05, 0.1) is 24.3 Å². The molecule has 0 aromatic carbocycles. The van der Waals surface area contributed by atoms with Gasteiger partial charge >= 0.3 is 0 Å². The van der Waals surface area contributed by atoms with Crippen LogP contribution in [-0.2, 0) is 22.4 Å². The Balaban J connectivity index is 2.31. The van der Waals surface area contributed by atoms with Crippen molar-refractivity contribution < 1.29 is 8.42 Å². The Labute approximate surface area is 122 Å². The third kappa shape index (κ3) is 3.00. The molecule has 0 saturated heterocycles. The average Bonchev–Trinajstić information content (AvgIpc) is 2.95. The van der Waals surface area contributed by atoms with Crippen LogP contribution < -0.4 is 0 Å².